The van der Waals surface area contributed by atoms with E-state index in [1.165, 1.54) is 25.2 Å². The van der Waals surface area contributed by atoms with Crippen LogP contribution in [0.3, 0.4) is 0 Å². The Morgan fingerprint density at radius 3 is 2.32 bits per heavy atom. The largest absolute Gasteiger partial charge is 0.321 e. The quantitative estimate of drug-likeness (QED) is 0.506. The fourth-order valence-corrected chi connectivity index (χ4v) is 2.72. The standard InChI is InChI=1S/C19H14F5N3O/c1-19(23,24)17-12(9-27(2)26-17)18(28)25-15-6-4-3-5-11(15)10-7-13(20)16(22)14(21)8-10/h3-9H,1-2H3,(H,25,28). The molecule has 1 N–H and O–H groups in total. The van der Waals surface area contributed by atoms with Gasteiger partial charge in [-0.05, 0) is 23.8 Å². The molecule has 0 saturated carbocycles. The summed E-state index contributed by atoms with van der Waals surface area (Å²) in [6.07, 6.45) is 1.14. The molecule has 0 unspecified atom stereocenters. The lowest BCUT2D eigenvalue weighted by Crippen LogP contribution is -2.18. The number of nitrogens with zero attached hydrogens (tertiary/aromatic N) is 2. The highest BCUT2D eigenvalue weighted by atomic mass is 19.3. The number of halogens is 5. The summed E-state index contributed by atoms with van der Waals surface area (Å²) in [5.41, 5.74) is -0.792. The Morgan fingerprint density at radius 2 is 1.71 bits per heavy atom. The van der Waals surface area contributed by atoms with Gasteiger partial charge >= 0.3 is 0 Å². The first-order valence-electron chi connectivity index (χ1n) is 8.05. The van der Waals surface area contributed by atoms with E-state index < -0.39 is 35.0 Å². The summed E-state index contributed by atoms with van der Waals surface area (Å²) in [6, 6.07) is 7.50. The predicted molar refractivity (Wildman–Crippen MR) is 92.5 cm³/mol. The number of aryl methyl sites for hydroxylation is 1. The van der Waals surface area contributed by atoms with Gasteiger partial charge in [0.2, 0.25) is 0 Å². The number of para-hydroxylation sites is 1. The van der Waals surface area contributed by atoms with Crippen LogP contribution in [0.1, 0.15) is 23.0 Å². The number of carbonyl (C=O) groups is 1. The topological polar surface area (TPSA) is 46.9 Å². The molecule has 9 heteroatoms. The lowest BCUT2D eigenvalue weighted by atomic mass is 10.0. The number of amides is 1. The van der Waals surface area contributed by atoms with Crippen LogP contribution in [0, 0.1) is 17.5 Å². The van der Waals surface area contributed by atoms with E-state index in [9.17, 15) is 26.7 Å². The smallest absolute Gasteiger partial charge is 0.289 e. The Morgan fingerprint density at radius 1 is 1.11 bits per heavy atom. The molecule has 4 nitrogen and oxygen atoms in total. The third-order valence-electron chi connectivity index (χ3n) is 3.96. The van der Waals surface area contributed by atoms with Crippen LogP contribution in [0.25, 0.3) is 11.1 Å². The third kappa shape index (κ3) is 3.73. The van der Waals surface area contributed by atoms with Gasteiger partial charge in [-0.2, -0.15) is 13.9 Å². The van der Waals surface area contributed by atoms with Crippen molar-refractivity contribution in [1.82, 2.24) is 9.78 Å². The summed E-state index contributed by atoms with van der Waals surface area (Å²) in [4.78, 5) is 12.6. The number of aromatic nitrogens is 2. The van der Waals surface area contributed by atoms with Crippen molar-refractivity contribution >= 4 is 11.6 Å². The molecule has 0 aliphatic carbocycles. The van der Waals surface area contributed by atoms with Crippen LogP contribution in [0.2, 0.25) is 0 Å². The van der Waals surface area contributed by atoms with Gasteiger partial charge in [-0.15, -0.1) is 0 Å². The summed E-state index contributed by atoms with van der Waals surface area (Å²) in [7, 11) is 1.39. The first kappa shape index (κ1) is 19.5. The molecule has 2 aromatic carbocycles. The minimum absolute atomic E-state index is 0.0282. The molecule has 28 heavy (non-hydrogen) atoms. The number of nitrogens with one attached hydrogen (secondary N) is 1. The fraction of sp³-hybridized carbons (Fsp3) is 0.158. The zero-order valence-electron chi connectivity index (χ0n) is 14.7. The van der Waals surface area contributed by atoms with Crippen LogP contribution >= 0.6 is 0 Å². The average Bonchev–Trinajstić information content (AvgIpc) is 3.02. The van der Waals surface area contributed by atoms with Gasteiger partial charge in [-0.25, -0.2) is 13.2 Å². The molecule has 1 amide bonds. The van der Waals surface area contributed by atoms with E-state index in [2.05, 4.69) is 10.4 Å². The number of carbonyl (C=O) groups excluding carboxylic acids is 1. The second-order valence-corrected chi connectivity index (χ2v) is 6.21. The Bertz CT molecular complexity index is 1030. The van der Waals surface area contributed by atoms with Gasteiger partial charge in [0.1, 0.15) is 5.69 Å². The second-order valence-electron chi connectivity index (χ2n) is 6.21. The number of anilines is 1. The first-order valence-corrected chi connectivity index (χ1v) is 8.05. The van der Waals surface area contributed by atoms with E-state index in [0.717, 1.165) is 23.0 Å². The molecule has 0 atom stereocenters. The highest BCUT2D eigenvalue weighted by Crippen LogP contribution is 2.32. The van der Waals surface area contributed by atoms with Crippen LogP contribution in [-0.4, -0.2) is 15.7 Å². The molecule has 3 rings (SSSR count). The van der Waals surface area contributed by atoms with Crippen LogP contribution in [-0.2, 0) is 13.0 Å². The van der Waals surface area contributed by atoms with Gasteiger partial charge in [0.15, 0.2) is 17.5 Å². The maximum atomic E-state index is 13.7. The van der Waals surface area contributed by atoms with Crippen molar-refractivity contribution in [1.29, 1.82) is 0 Å². The fourth-order valence-electron chi connectivity index (χ4n) is 2.72. The first-order chi connectivity index (χ1) is 13.1. The van der Waals surface area contributed by atoms with E-state index in [4.69, 9.17) is 0 Å². The van der Waals surface area contributed by atoms with E-state index in [-0.39, 0.29) is 22.4 Å². The average molecular weight is 395 g/mol. The summed E-state index contributed by atoms with van der Waals surface area (Å²) >= 11 is 0. The lowest BCUT2D eigenvalue weighted by molar-refractivity contribution is 0.0113. The SMILES string of the molecule is Cn1cc(C(=O)Nc2ccccc2-c2cc(F)c(F)c(F)c2)c(C(C)(F)F)n1. The zero-order chi connectivity index (χ0) is 20.6. The molecule has 0 aliphatic heterocycles. The van der Waals surface area contributed by atoms with Gasteiger partial charge in [0.25, 0.3) is 11.8 Å². The van der Waals surface area contributed by atoms with Crippen LogP contribution in [0.4, 0.5) is 27.6 Å². The Hall–Kier alpha value is -3.23. The van der Waals surface area contributed by atoms with Gasteiger partial charge < -0.3 is 5.32 Å². The molecule has 0 aliphatic rings. The molecule has 0 spiro atoms. The molecule has 0 fully saturated rings. The predicted octanol–water partition coefficient (Wildman–Crippen LogP) is 4.87. The van der Waals surface area contributed by atoms with E-state index >= 15 is 0 Å². The number of hydrogen-bond acceptors (Lipinski definition) is 2. The molecule has 1 aromatic heterocycles. The summed E-state index contributed by atoms with van der Waals surface area (Å²) in [5.74, 6) is -8.63. The normalized spacial score (nSPS) is 11.5. The highest BCUT2D eigenvalue weighted by molar-refractivity contribution is 6.07. The minimum atomic E-state index is -3.35. The highest BCUT2D eigenvalue weighted by Gasteiger charge is 2.34. The van der Waals surface area contributed by atoms with Crippen molar-refractivity contribution in [2.75, 3.05) is 5.32 Å². The number of alkyl halides is 2. The Balaban J connectivity index is 2.01. The third-order valence-corrected chi connectivity index (χ3v) is 3.96. The van der Waals surface area contributed by atoms with E-state index in [1.807, 2.05) is 0 Å². The van der Waals surface area contributed by atoms with Gasteiger partial charge in [-0.1, -0.05) is 18.2 Å². The zero-order valence-corrected chi connectivity index (χ0v) is 14.7. The summed E-state index contributed by atoms with van der Waals surface area (Å²) < 4.78 is 68.9. The lowest BCUT2D eigenvalue weighted by Gasteiger charge is -2.13. The molecule has 3 aromatic rings. The van der Waals surface area contributed by atoms with E-state index in [1.54, 1.807) is 6.07 Å². The van der Waals surface area contributed by atoms with Crippen LogP contribution in [0.15, 0.2) is 42.6 Å². The molecular weight excluding hydrogens is 381 g/mol. The maximum absolute atomic E-state index is 13.7. The molecular formula is C19H14F5N3O. The van der Waals surface area contributed by atoms with Crippen molar-refractivity contribution in [2.45, 2.75) is 12.8 Å². The van der Waals surface area contributed by atoms with Gasteiger partial charge in [0.05, 0.1) is 5.56 Å². The van der Waals surface area contributed by atoms with Crippen molar-refractivity contribution in [3.05, 3.63) is 71.3 Å². The van der Waals surface area contributed by atoms with E-state index in [0.29, 0.717) is 6.92 Å². The Kier molecular flexibility index (Phi) is 4.93. The molecule has 0 radical (unpaired) electrons. The minimum Gasteiger partial charge on any atom is -0.321 e. The number of benzene rings is 2. The van der Waals surface area contributed by atoms with Crippen LogP contribution < -0.4 is 5.32 Å². The van der Waals surface area contributed by atoms with Crippen molar-refractivity contribution in [3.8, 4) is 11.1 Å². The second kappa shape index (κ2) is 7.06. The summed E-state index contributed by atoms with van der Waals surface area (Å²) in [6.45, 7) is 0.615. The summed E-state index contributed by atoms with van der Waals surface area (Å²) in [5, 5.41) is 6.06. The van der Waals surface area contributed by atoms with Gasteiger partial charge in [-0.3, -0.25) is 9.48 Å². The van der Waals surface area contributed by atoms with Crippen molar-refractivity contribution < 1.29 is 26.7 Å². The molecule has 146 valence electrons. The number of rotatable bonds is 4. The van der Waals surface area contributed by atoms with Crippen molar-refractivity contribution in [3.63, 3.8) is 0 Å². The number of hydrogen-bond donors (Lipinski definition) is 1. The Labute approximate surface area is 156 Å². The van der Waals surface area contributed by atoms with Crippen LogP contribution in [0.5, 0.6) is 0 Å². The molecule has 0 bridgehead atoms. The van der Waals surface area contributed by atoms with Crippen molar-refractivity contribution in [2.24, 2.45) is 7.05 Å². The molecule has 0 saturated heterocycles. The maximum Gasteiger partial charge on any atom is 0.289 e. The van der Waals surface area contributed by atoms with Gasteiger partial charge in [0, 0.05) is 31.4 Å². The molecule has 1 heterocycles. The monoisotopic (exact) mass is 395 g/mol.